The van der Waals surface area contributed by atoms with Crippen molar-refractivity contribution in [2.75, 3.05) is 11.6 Å². The largest absolute Gasteiger partial charge is 0.349 e. The van der Waals surface area contributed by atoms with Crippen LogP contribution in [0.15, 0.2) is 35.2 Å². The molecule has 86 valence electrons. The highest BCUT2D eigenvalue weighted by Crippen LogP contribution is 2.36. The highest BCUT2D eigenvalue weighted by atomic mass is 35.5. The molecule has 1 aromatic carbocycles. The van der Waals surface area contributed by atoms with Gasteiger partial charge in [-0.3, -0.25) is 4.79 Å². The van der Waals surface area contributed by atoms with Gasteiger partial charge in [-0.1, -0.05) is 18.2 Å². The first-order chi connectivity index (χ1) is 7.74. The van der Waals surface area contributed by atoms with Crippen LogP contribution in [0.25, 0.3) is 0 Å². The molecule has 0 atom stereocenters. The van der Waals surface area contributed by atoms with Crippen molar-refractivity contribution in [1.82, 2.24) is 5.32 Å². The summed E-state index contributed by atoms with van der Waals surface area (Å²) in [6, 6.07) is 9.93. The van der Waals surface area contributed by atoms with Crippen molar-refractivity contribution in [3.8, 4) is 0 Å². The predicted octanol–water partition coefficient (Wildman–Crippen LogP) is 2.67. The summed E-state index contributed by atoms with van der Waals surface area (Å²) in [5.74, 6) is 1.06. The molecule has 1 aliphatic carbocycles. The van der Waals surface area contributed by atoms with Crippen molar-refractivity contribution in [2.45, 2.75) is 23.3 Å². The van der Waals surface area contributed by atoms with E-state index in [1.165, 1.54) is 0 Å². The molecule has 0 radical (unpaired) electrons. The van der Waals surface area contributed by atoms with Gasteiger partial charge in [-0.15, -0.1) is 23.4 Å². The molecule has 1 aliphatic rings. The molecule has 1 saturated carbocycles. The maximum Gasteiger partial charge on any atom is 0.230 e. The first-order valence-electron chi connectivity index (χ1n) is 5.29. The van der Waals surface area contributed by atoms with Crippen LogP contribution in [0.3, 0.4) is 0 Å². The van der Waals surface area contributed by atoms with Crippen molar-refractivity contribution < 1.29 is 4.79 Å². The molecule has 16 heavy (non-hydrogen) atoms. The Labute approximate surface area is 105 Å². The van der Waals surface area contributed by atoms with E-state index in [9.17, 15) is 4.79 Å². The van der Waals surface area contributed by atoms with E-state index in [1.807, 2.05) is 30.3 Å². The van der Waals surface area contributed by atoms with E-state index < -0.39 is 0 Å². The molecule has 0 spiro atoms. The van der Waals surface area contributed by atoms with Gasteiger partial charge in [0.15, 0.2) is 0 Å². The van der Waals surface area contributed by atoms with Crippen molar-refractivity contribution in [3.05, 3.63) is 30.3 Å². The molecule has 1 N–H and O–H groups in total. The Balaban J connectivity index is 1.76. The zero-order valence-corrected chi connectivity index (χ0v) is 10.5. The summed E-state index contributed by atoms with van der Waals surface area (Å²) in [5.41, 5.74) is -0.0874. The SMILES string of the molecule is O=C(CSc1ccccc1)NC1(CCl)CC1. The Kier molecular flexibility index (Phi) is 3.77. The number of amides is 1. The van der Waals surface area contributed by atoms with Crippen LogP contribution < -0.4 is 5.32 Å². The minimum absolute atomic E-state index is 0.0759. The lowest BCUT2D eigenvalue weighted by Gasteiger charge is -2.13. The highest BCUT2D eigenvalue weighted by molar-refractivity contribution is 8.00. The van der Waals surface area contributed by atoms with Crippen molar-refractivity contribution in [2.24, 2.45) is 0 Å². The minimum Gasteiger partial charge on any atom is -0.349 e. The zero-order chi connectivity index (χ0) is 11.4. The van der Waals surface area contributed by atoms with E-state index in [4.69, 9.17) is 11.6 Å². The fourth-order valence-corrected chi connectivity index (χ4v) is 2.49. The molecule has 1 amide bonds. The molecule has 0 aliphatic heterocycles. The van der Waals surface area contributed by atoms with E-state index in [2.05, 4.69) is 5.32 Å². The van der Waals surface area contributed by atoms with Crippen molar-refractivity contribution in [3.63, 3.8) is 0 Å². The van der Waals surface area contributed by atoms with Gasteiger partial charge in [-0.2, -0.15) is 0 Å². The fraction of sp³-hybridized carbons (Fsp3) is 0.417. The van der Waals surface area contributed by atoms with E-state index in [0.717, 1.165) is 17.7 Å². The van der Waals surface area contributed by atoms with Gasteiger partial charge in [-0.05, 0) is 25.0 Å². The number of alkyl halides is 1. The average Bonchev–Trinajstić information content (AvgIpc) is 3.08. The number of carbonyl (C=O) groups excluding carboxylic acids is 1. The minimum atomic E-state index is -0.0874. The lowest BCUT2D eigenvalue weighted by Crippen LogP contribution is -2.39. The molecule has 0 unspecified atom stereocenters. The summed E-state index contributed by atoms with van der Waals surface area (Å²) in [7, 11) is 0. The van der Waals surface area contributed by atoms with Gasteiger partial charge in [0.2, 0.25) is 5.91 Å². The van der Waals surface area contributed by atoms with E-state index in [-0.39, 0.29) is 11.4 Å². The van der Waals surface area contributed by atoms with E-state index >= 15 is 0 Å². The summed E-state index contributed by atoms with van der Waals surface area (Å²) in [6.07, 6.45) is 2.02. The van der Waals surface area contributed by atoms with Crippen molar-refractivity contribution in [1.29, 1.82) is 0 Å². The molecule has 1 fully saturated rings. The van der Waals surface area contributed by atoms with Crippen LogP contribution in [0, 0.1) is 0 Å². The maximum absolute atomic E-state index is 11.6. The van der Waals surface area contributed by atoms with Crippen LogP contribution in [-0.2, 0) is 4.79 Å². The molecule has 4 heteroatoms. The molecular formula is C12H14ClNOS. The number of thioether (sulfide) groups is 1. The number of rotatable bonds is 5. The molecule has 1 aromatic rings. The Morgan fingerprint density at radius 2 is 2.06 bits per heavy atom. The predicted molar refractivity (Wildman–Crippen MR) is 68.0 cm³/mol. The number of benzene rings is 1. The van der Waals surface area contributed by atoms with Crippen LogP contribution in [-0.4, -0.2) is 23.1 Å². The molecule has 2 rings (SSSR count). The van der Waals surface area contributed by atoms with Gasteiger partial charge in [0.1, 0.15) is 0 Å². The number of carbonyl (C=O) groups is 1. The second-order valence-corrected chi connectivity index (χ2v) is 5.38. The summed E-state index contributed by atoms with van der Waals surface area (Å²) < 4.78 is 0. The normalized spacial score (nSPS) is 16.8. The smallest absolute Gasteiger partial charge is 0.230 e. The standard InChI is InChI=1S/C12H14ClNOS/c13-9-12(6-7-12)14-11(15)8-16-10-4-2-1-3-5-10/h1-5H,6-9H2,(H,14,15). The molecule has 0 bridgehead atoms. The maximum atomic E-state index is 11.6. The summed E-state index contributed by atoms with van der Waals surface area (Å²) >= 11 is 7.35. The Hall–Kier alpha value is -0.670. The lowest BCUT2D eigenvalue weighted by molar-refractivity contribution is -0.119. The Bertz CT molecular complexity index is 365. The summed E-state index contributed by atoms with van der Waals surface area (Å²) in [4.78, 5) is 12.8. The van der Waals surface area contributed by atoms with Crippen LogP contribution in [0.2, 0.25) is 0 Å². The highest BCUT2D eigenvalue weighted by Gasteiger charge is 2.42. The lowest BCUT2D eigenvalue weighted by atomic mass is 10.3. The first kappa shape index (κ1) is 11.8. The van der Waals surface area contributed by atoms with Crippen LogP contribution in [0.4, 0.5) is 0 Å². The molecular weight excluding hydrogens is 242 g/mol. The third-order valence-corrected chi connectivity index (χ3v) is 4.15. The molecule has 0 aromatic heterocycles. The third-order valence-electron chi connectivity index (χ3n) is 2.63. The monoisotopic (exact) mass is 255 g/mol. The summed E-state index contributed by atoms with van der Waals surface area (Å²) in [5, 5.41) is 3.00. The fourth-order valence-electron chi connectivity index (χ4n) is 1.44. The van der Waals surface area contributed by atoms with Gasteiger partial charge < -0.3 is 5.32 Å². The van der Waals surface area contributed by atoms with Gasteiger partial charge in [-0.25, -0.2) is 0 Å². The second kappa shape index (κ2) is 5.11. The first-order valence-corrected chi connectivity index (χ1v) is 6.81. The number of nitrogens with one attached hydrogen (secondary N) is 1. The second-order valence-electron chi connectivity index (χ2n) is 4.06. The number of hydrogen-bond acceptors (Lipinski definition) is 2. The van der Waals surface area contributed by atoms with Crippen LogP contribution >= 0.6 is 23.4 Å². The topological polar surface area (TPSA) is 29.1 Å². The van der Waals surface area contributed by atoms with Gasteiger partial charge in [0.25, 0.3) is 0 Å². The van der Waals surface area contributed by atoms with Crippen LogP contribution in [0.1, 0.15) is 12.8 Å². The number of hydrogen-bond donors (Lipinski definition) is 1. The Morgan fingerprint density at radius 3 is 2.62 bits per heavy atom. The molecule has 0 saturated heterocycles. The molecule has 0 heterocycles. The Morgan fingerprint density at radius 1 is 1.38 bits per heavy atom. The van der Waals surface area contributed by atoms with Gasteiger partial charge in [0, 0.05) is 10.8 Å². The van der Waals surface area contributed by atoms with Gasteiger partial charge in [0.05, 0.1) is 11.3 Å². The average molecular weight is 256 g/mol. The molecule has 2 nitrogen and oxygen atoms in total. The van der Waals surface area contributed by atoms with Crippen molar-refractivity contribution >= 4 is 29.3 Å². The van der Waals surface area contributed by atoms with Gasteiger partial charge >= 0.3 is 0 Å². The van der Waals surface area contributed by atoms with E-state index in [1.54, 1.807) is 11.8 Å². The zero-order valence-electron chi connectivity index (χ0n) is 8.91. The quantitative estimate of drug-likeness (QED) is 0.648. The number of halogens is 1. The third kappa shape index (κ3) is 3.16. The van der Waals surface area contributed by atoms with E-state index in [0.29, 0.717) is 11.6 Å². The summed E-state index contributed by atoms with van der Waals surface area (Å²) in [6.45, 7) is 0. The van der Waals surface area contributed by atoms with Crippen LogP contribution in [0.5, 0.6) is 0 Å².